The van der Waals surface area contributed by atoms with Crippen molar-refractivity contribution >= 4 is 119 Å². The van der Waals surface area contributed by atoms with Crippen LogP contribution in [0, 0.1) is 0 Å². The summed E-state index contributed by atoms with van der Waals surface area (Å²) < 4.78 is 19.4. The number of methoxy groups -OCH3 is 2. The first-order valence-electron chi connectivity index (χ1n) is 15.0. The number of rotatable bonds is 12. The number of ether oxygens (including phenoxy) is 3. The smallest absolute Gasteiger partial charge is 0.269 e. The Kier molecular flexibility index (Phi) is 13.2. The Labute approximate surface area is 342 Å². The van der Waals surface area contributed by atoms with E-state index in [1.54, 1.807) is 24.3 Å². The van der Waals surface area contributed by atoms with Crippen molar-refractivity contribution in [3.8, 4) is 5.75 Å². The molecule has 20 heteroatoms. The van der Waals surface area contributed by atoms with Crippen LogP contribution in [0.25, 0.3) is 0 Å². The van der Waals surface area contributed by atoms with Crippen LogP contribution in [-0.4, -0.2) is 95.9 Å². The molecule has 0 aromatic heterocycles. The summed E-state index contributed by atoms with van der Waals surface area (Å²) in [5, 5.41) is 45.8. The monoisotopic (exact) mass is 1090 g/mol. The zero-order valence-electron chi connectivity index (χ0n) is 26.6. The molecule has 0 radical (unpaired) electrons. The zero-order valence-corrected chi connectivity index (χ0v) is 36.2. The van der Waals surface area contributed by atoms with Crippen LogP contribution in [0.4, 0.5) is 0 Å². The summed E-state index contributed by atoms with van der Waals surface area (Å²) >= 11 is 20.4. The number of nitrogens with zero attached hydrogens (tertiary/aromatic N) is 2. The number of aliphatic hydroxyl groups is 3. The lowest BCUT2D eigenvalue weighted by molar-refractivity contribution is -0.116. The fourth-order valence-corrected chi connectivity index (χ4v) is 10.5. The lowest BCUT2D eigenvalue weighted by atomic mass is 9.87. The standard InChI is InChI=1S/C31H30Br6N4O10/c1-47-24-16(34)8-30(26(43)21(24)36)10-18(40-50-30)28(45)38-4-3-5-49-23-14(32)6-13(7-15(23)33)20(42)12-39-29(46)19-11-31(51-41-19)9-17(35)25(48-2)22(37)27(31)44/h6-9,20,26-27,42-44H,3-5,10-12H2,1-2H3,(H,38,45)(H,39,46)/t20?,26-,27+,30+,31-/m0/s1. The van der Waals surface area contributed by atoms with Crippen LogP contribution in [0.5, 0.6) is 5.75 Å². The first-order chi connectivity index (χ1) is 24.2. The maximum atomic E-state index is 12.9. The Balaban J connectivity index is 1.06. The summed E-state index contributed by atoms with van der Waals surface area (Å²) in [7, 11) is 2.94. The van der Waals surface area contributed by atoms with Gasteiger partial charge in [0.25, 0.3) is 11.8 Å². The van der Waals surface area contributed by atoms with Gasteiger partial charge in [0, 0.05) is 25.9 Å². The fourth-order valence-electron chi connectivity index (χ4n) is 5.51. The van der Waals surface area contributed by atoms with Gasteiger partial charge in [-0.3, -0.25) is 9.59 Å². The molecule has 1 aromatic carbocycles. The van der Waals surface area contributed by atoms with Crippen LogP contribution < -0.4 is 15.4 Å². The van der Waals surface area contributed by atoms with Crippen molar-refractivity contribution in [1.29, 1.82) is 0 Å². The number of halogens is 6. The Morgan fingerprint density at radius 1 is 0.863 bits per heavy atom. The predicted octanol–water partition coefficient (Wildman–Crippen LogP) is 5.09. The molecule has 51 heavy (non-hydrogen) atoms. The minimum Gasteiger partial charge on any atom is -0.495 e. The molecule has 5 atom stereocenters. The molecule has 0 fully saturated rings. The Hall–Kier alpha value is -1.78. The third-order valence-electron chi connectivity index (χ3n) is 8.20. The normalized spacial score (nSPS) is 26.2. The van der Waals surface area contributed by atoms with Crippen molar-refractivity contribution in [3.05, 3.63) is 68.2 Å². The average Bonchev–Trinajstić information content (AvgIpc) is 3.72. The summed E-state index contributed by atoms with van der Waals surface area (Å²) in [6.07, 6.45) is 0.350. The Bertz CT molecular complexity index is 1780. The van der Waals surface area contributed by atoms with Crippen molar-refractivity contribution in [3.63, 3.8) is 0 Å². The van der Waals surface area contributed by atoms with Gasteiger partial charge in [-0.2, -0.15) is 0 Å². The van der Waals surface area contributed by atoms with E-state index in [2.05, 4.69) is 117 Å². The number of carbonyl (C=O) groups excluding carboxylic acids is 2. The second-order valence-corrected chi connectivity index (χ2v) is 16.7. The molecule has 4 aliphatic rings. The third kappa shape index (κ3) is 8.33. The largest absolute Gasteiger partial charge is 0.495 e. The maximum Gasteiger partial charge on any atom is 0.269 e. The van der Waals surface area contributed by atoms with Gasteiger partial charge in [-0.05, 0) is 132 Å². The lowest BCUT2D eigenvalue weighted by Gasteiger charge is -2.33. The second-order valence-electron chi connectivity index (χ2n) is 11.6. The Morgan fingerprint density at radius 3 is 1.80 bits per heavy atom. The van der Waals surface area contributed by atoms with Crippen molar-refractivity contribution in [2.45, 2.75) is 48.8 Å². The van der Waals surface area contributed by atoms with Gasteiger partial charge in [0.2, 0.25) is 0 Å². The molecular weight excluding hydrogens is 1070 g/mol. The van der Waals surface area contributed by atoms with Crippen molar-refractivity contribution < 1.29 is 48.8 Å². The van der Waals surface area contributed by atoms with Gasteiger partial charge in [-0.1, -0.05) is 10.3 Å². The van der Waals surface area contributed by atoms with E-state index in [-0.39, 0.29) is 44.0 Å². The highest BCUT2D eigenvalue weighted by molar-refractivity contribution is 9.12. The number of allylic oxidation sites excluding steroid dienone is 2. The number of nitrogens with one attached hydrogen (secondary N) is 2. The summed E-state index contributed by atoms with van der Waals surface area (Å²) in [4.78, 5) is 36.8. The van der Waals surface area contributed by atoms with Crippen LogP contribution in [0.15, 0.2) is 73.0 Å². The quantitative estimate of drug-likeness (QED) is 0.177. The molecule has 0 bridgehead atoms. The van der Waals surface area contributed by atoms with Crippen LogP contribution >= 0.6 is 95.6 Å². The van der Waals surface area contributed by atoms with E-state index >= 15 is 0 Å². The average molecular weight is 1100 g/mol. The molecule has 0 saturated heterocycles. The minimum atomic E-state index is -1.30. The minimum absolute atomic E-state index is 0.0140. The summed E-state index contributed by atoms with van der Waals surface area (Å²) in [6, 6.07) is 3.34. The van der Waals surface area contributed by atoms with E-state index < -0.39 is 41.3 Å². The Morgan fingerprint density at radius 2 is 1.33 bits per heavy atom. The van der Waals surface area contributed by atoms with Crippen LogP contribution in [-0.2, 0) is 28.7 Å². The number of hydrogen-bond donors (Lipinski definition) is 5. The van der Waals surface area contributed by atoms with Crippen LogP contribution in [0.2, 0.25) is 0 Å². The number of benzene rings is 1. The predicted molar refractivity (Wildman–Crippen MR) is 207 cm³/mol. The number of hydrogen-bond acceptors (Lipinski definition) is 12. The highest BCUT2D eigenvalue weighted by atomic mass is 79.9. The van der Waals surface area contributed by atoms with Gasteiger partial charge in [-0.25, -0.2) is 0 Å². The molecular formula is C31H30Br6N4O10. The van der Waals surface area contributed by atoms with Crippen LogP contribution in [0.1, 0.15) is 30.9 Å². The summed E-state index contributed by atoms with van der Waals surface area (Å²) in [6.45, 7) is 0.400. The number of carbonyl (C=O) groups is 2. The van der Waals surface area contributed by atoms with E-state index in [0.717, 1.165) is 0 Å². The summed E-state index contributed by atoms with van der Waals surface area (Å²) in [5.41, 5.74) is -1.87. The van der Waals surface area contributed by atoms with E-state index in [1.807, 2.05) is 0 Å². The molecule has 0 saturated carbocycles. The molecule has 5 rings (SSSR count). The number of aliphatic hydroxyl groups excluding tert-OH is 3. The molecule has 276 valence electrons. The van der Waals surface area contributed by atoms with Gasteiger partial charge in [0.05, 0.1) is 53.8 Å². The molecule has 14 nitrogen and oxygen atoms in total. The molecule has 2 amide bonds. The van der Waals surface area contributed by atoms with Gasteiger partial charge in [0.15, 0.2) is 11.2 Å². The molecule has 2 spiro atoms. The number of oxime groups is 2. The van der Waals surface area contributed by atoms with Gasteiger partial charge < -0.3 is 49.8 Å². The van der Waals surface area contributed by atoms with Gasteiger partial charge in [-0.15, -0.1) is 0 Å². The van der Waals surface area contributed by atoms with E-state index in [9.17, 15) is 24.9 Å². The van der Waals surface area contributed by atoms with Crippen LogP contribution in [0.3, 0.4) is 0 Å². The molecule has 2 aliphatic carbocycles. The van der Waals surface area contributed by atoms with Crippen molar-refractivity contribution in [1.82, 2.24) is 10.6 Å². The highest BCUT2D eigenvalue weighted by Gasteiger charge is 2.52. The molecule has 1 aromatic rings. The van der Waals surface area contributed by atoms with Crippen molar-refractivity contribution in [2.75, 3.05) is 33.9 Å². The SMILES string of the molecule is COC1=C(Br)[C@@H](O)[C@]2(C=C1Br)CC(C(=O)NCC(O)c1cc(Br)c(OCCCNC(=O)C3=NO[C@]4(C=C(Br)C(OC)=C(Br)[C@@H]4O)C3)c(Br)c1)=NO2. The van der Waals surface area contributed by atoms with Crippen molar-refractivity contribution in [2.24, 2.45) is 10.3 Å². The number of amides is 2. The first kappa shape index (κ1) is 40.4. The maximum absolute atomic E-state index is 12.9. The van der Waals surface area contributed by atoms with E-state index in [4.69, 9.17) is 23.9 Å². The fraction of sp³-hybridized carbons (Fsp3) is 0.419. The van der Waals surface area contributed by atoms with E-state index in [1.165, 1.54) is 14.2 Å². The summed E-state index contributed by atoms with van der Waals surface area (Å²) in [5.74, 6) is 0.324. The lowest BCUT2D eigenvalue weighted by Crippen LogP contribution is -2.45. The highest BCUT2D eigenvalue weighted by Crippen LogP contribution is 2.45. The molecule has 5 N–H and O–H groups in total. The van der Waals surface area contributed by atoms with E-state index in [0.29, 0.717) is 56.1 Å². The van der Waals surface area contributed by atoms with Gasteiger partial charge >= 0.3 is 0 Å². The second kappa shape index (κ2) is 16.7. The topological polar surface area (TPSA) is 190 Å². The molecule has 1 unspecified atom stereocenters. The molecule has 2 heterocycles. The molecule has 2 aliphatic heterocycles. The zero-order chi connectivity index (χ0) is 37.2. The first-order valence-corrected chi connectivity index (χ1v) is 19.8. The third-order valence-corrected chi connectivity index (χ3v) is 12.1. The van der Waals surface area contributed by atoms with Gasteiger partial charge in [0.1, 0.15) is 40.9 Å².